The van der Waals surface area contributed by atoms with E-state index in [0.29, 0.717) is 5.92 Å². The Hall–Kier alpha value is -0.860. The molecule has 2 N–H and O–H groups in total. The van der Waals surface area contributed by atoms with Crippen LogP contribution in [0.3, 0.4) is 0 Å². The average Bonchev–Trinajstić information content (AvgIpc) is 2.27. The number of benzene rings is 1. The number of ether oxygens (including phenoxy) is 1. The van der Waals surface area contributed by atoms with E-state index in [-0.39, 0.29) is 6.04 Å². The highest BCUT2D eigenvalue weighted by molar-refractivity contribution is 5.25. The smallest absolute Gasteiger partial charge is 0.0477 e. The van der Waals surface area contributed by atoms with Crippen LogP contribution in [0.15, 0.2) is 24.3 Å². The maximum atomic E-state index is 6.01. The highest BCUT2D eigenvalue weighted by atomic mass is 16.5. The molecule has 2 nitrogen and oxygen atoms in total. The van der Waals surface area contributed by atoms with E-state index in [0.717, 1.165) is 19.4 Å². The van der Waals surface area contributed by atoms with Gasteiger partial charge in [-0.25, -0.2) is 0 Å². The molecular weight excluding hydrogens is 198 g/mol. The van der Waals surface area contributed by atoms with E-state index in [1.54, 1.807) is 7.11 Å². The Labute approximate surface area is 98.8 Å². The van der Waals surface area contributed by atoms with Gasteiger partial charge < -0.3 is 10.5 Å². The van der Waals surface area contributed by atoms with E-state index < -0.39 is 0 Å². The number of hydrogen-bond acceptors (Lipinski definition) is 2. The lowest BCUT2D eigenvalue weighted by Gasteiger charge is -2.12. The van der Waals surface area contributed by atoms with Crippen molar-refractivity contribution >= 4 is 0 Å². The molecule has 1 aromatic carbocycles. The van der Waals surface area contributed by atoms with Gasteiger partial charge >= 0.3 is 0 Å². The Morgan fingerprint density at radius 1 is 1.19 bits per heavy atom. The molecule has 90 valence electrons. The molecule has 0 aliphatic carbocycles. The molecule has 0 aliphatic rings. The number of rotatable bonds is 6. The Bertz CT molecular complexity index is 292. The van der Waals surface area contributed by atoms with E-state index in [1.807, 2.05) is 0 Å². The highest BCUT2D eigenvalue weighted by Crippen LogP contribution is 2.15. The minimum Gasteiger partial charge on any atom is -0.385 e. The lowest BCUT2D eigenvalue weighted by atomic mass is 9.98. The quantitative estimate of drug-likeness (QED) is 0.801. The van der Waals surface area contributed by atoms with Gasteiger partial charge in [0.2, 0.25) is 0 Å². The van der Waals surface area contributed by atoms with Crippen molar-refractivity contribution in [3.63, 3.8) is 0 Å². The van der Waals surface area contributed by atoms with Crippen molar-refractivity contribution in [3.8, 4) is 0 Å². The first kappa shape index (κ1) is 13.2. The molecule has 0 aliphatic heterocycles. The van der Waals surface area contributed by atoms with E-state index in [1.165, 1.54) is 11.1 Å². The highest BCUT2D eigenvalue weighted by Gasteiger charge is 2.04. The SMILES string of the molecule is COCCC(N)Cc1ccc(C(C)C)cc1. The van der Waals surface area contributed by atoms with Crippen LogP contribution in [0.1, 0.15) is 37.3 Å². The molecule has 0 saturated heterocycles. The van der Waals surface area contributed by atoms with Crippen LogP contribution in [0, 0.1) is 0 Å². The van der Waals surface area contributed by atoms with Gasteiger partial charge in [-0.05, 0) is 29.9 Å². The Balaban J connectivity index is 2.48. The minimum atomic E-state index is 0.199. The summed E-state index contributed by atoms with van der Waals surface area (Å²) in [5, 5.41) is 0. The van der Waals surface area contributed by atoms with E-state index >= 15 is 0 Å². The zero-order valence-corrected chi connectivity index (χ0v) is 10.6. The second-order valence-electron chi connectivity index (χ2n) is 4.64. The average molecular weight is 221 g/mol. The molecule has 1 rings (SSSR count). The first-order valence-corrected chi connectivity index (χ1v) is 5.97. The monoisotopic (exact) mass is 221 g/mol. The third-order valence-corrected chi connectivity index (χ3v) is 2.84. The molecule has 0 amide bonds. The molecule has 0 bridgehead atoms. The summed E-state index contributed by atoms with van der Waals surface area (Å²) in [6.45, 7) is 5.16. The van der Waals surface area contributed by atoms with Crippen molar-refractivity contribution < 1.29 is 4.74 Å². The molecule has 0 spiro atoms. The lowest BCUT2D eigenvalue weighted by molar-refractivity contribution is 0.188. The van der Waals surface area contributed by atoms with Crippen LogP contribution in [-0.4, -0.2) is 19.8 Å². The van der Waals surface area contributed by atoms with Crippen LogP contribution in [0.25, 0.3) is 0 Å². The van der Waals surface area contributed by atoms with Gasteiger partial charge in [0.15, 0.2) is 0 Å². The summed E-state index contributed by atoms with van der Waals surface area (Å²) in [5.41, 5.74) is 8.71. The van der Waals surface area contributed by atoms with Crippen LogP contribution < -0.4 is 5.73 Å². The molecule has 0 fully saturated rings. The van der Waals surface area contributed by atoms with Gasteiger partial charge in [-0.1, -0.05) is 38.1 Å². The first-order valence-electron chi connectivity index (χ1n) is 5.97. The molecule has 0 heterocycles. The summed E-state index contributed by atoms with van der Waals surface area (Å²) in [7, 11) is 1.71. The van der Waals surface area contributed by atoms with Crippen molar-refractivity contribution in [2.24, 2.45) is 5.73 Å². The molecular formula is C14H23NO. The topological polar surface area (TPSA) is 35.2 Å². The molecule has 1 unspecified atom stereocenters. The molecule has 0 radical (unpaired) electrons. The van der Waals surface area contributed by atoms with Gasteiger partial charge in [0, 0.05) is 19.8 Å². The molecule has 1 aromatic rings. The molecule has 16 heavy (non-hydrogen) atoms. The van der Waals surface area contributed by atoms with E-state index in [2.05, 4.69) is 38.1 Å². The van der Waals surface area contributed by atoms with Gasteiger partial charge in [-0.2, -0.15) is 0 Å². The van der Waals surface area contributed by atoms with Crippen molar-refractivity contribution in [1.29, 1.82) is 0 Å². The summed E-state index contributed by atoms with van der Waals surface area (Å²) in [6, 6.07) is 8.96. The number of hydrogen-bond donors (Lipinski definition) is 1. The normalized spacial score (nSPS) is 13.1. The van der Waals surface area contributed by atoms with Gasteiger partial charge in [-0.3, -0.25) is 0 Å². The van der Waals surface area contributed by atoms with Crippen LogP contribution >= 0.6 is 0 Å². The van der Waals surface area contributed by atoms with E-state index in [9.17, 15) is 0 Å². The van der Waals surface area contributed by atoms with Crippen molar-refractivity contribution in [3.05, 3.63) is 35.4 Å². The van der Waals surface area contributed by atoms with Gasteiger partial charge in [0.05, 0.1) is 0 Å². The third kappa shape index (κ3) is 4.33. The summed E-state index contributed by atoms with van der Waals surface area (Å²) in [5.74, 6) is 0.594. The Morgan fingerprint density at radius 3 is 2.31 bits per heavy atom. The number of nitrogens with two attached hydrogens (primary N) is 1. The van der Waals surface area contributed by atoms with Gasteiger partial charge in [0.25, 0.3) is 0 Å². The predicted octanol–water partition coefficient (Wildman–Crippen LogP) is 2.72. The fraction of sp³-hybridized carbons (Fsp3) is 0.571. The molecule has 2 heteroatoms. The minimum absolute atomic E-state index is 0.199. The maximum Gasteiger partial charge on any atom is 0.0477 e. The fourth-order valence-electron chi connectivity index (χ4n) is 1.71. The van der Waals surface area contributed by atoms with Crippen LogP contribution in [0.4, 0.5) is 0 Å². The molecule has 0 saturated carbocycles. The molecule has 1 atom stereocenters. The summed E-state index contributed by atoms with van der Waals surface area (Å²) in [6.07, 6.45) is 1.85. The predicted molar refractivity (Wildman–Crippen MR) is 68.7 cm³/mol. The Morgan fingerprint density at radius 2 is 1.81 bits per heavy atom. The lowest BCUT2D eigenvalue weighted by Crippen LogP contribution is -2.24. The standard InChI is InChI=1S/C14H23NO/c1-11(2)13-6-4-12(5-7-13)10-14(15)8-9-16-3/h4-7,11,14H,8-10,15H2,1-3H3. The van der Waals surface area contributed by atoms with Crippen LogP contribution in [0.2, 0.25) is 0 Å². The Kier molecular flexibility index (Phi) is 5.50. The van der Waals surface area contributed by atoms with E-state index in [4.69, 9.17) is 10.5 Å². The number of methoxy groups -OCH3 is 1. The maximum absolute atomic E-state index is 6.01. The van der Waals surface area contributed by atoms with Crippen LogP contribution in [0.5, 0.6) is 0 Å². The van der Waals surface area contributed by atoms with Gasteiger partial charge in [0.1, 0.15) is 0 Å². The second-order valence-corrected chi connectivity index (χ2v) is 4.64. The van der Waals surface area contributed by atoms with Crippen molar-refractivity contribution in [2.75, 3.05) is 13.7 Å². The zero-order valence-electron chi connectivity index (χ0n) is 10.6. The largest absolute Gasteiger partial charge is 0.385 e. The first-order chi connectivity index (χ1) is 7.63. The summed E-state index contributed by atoms with van der Waals surface area (Å²) < 4.78 is 5.02. The summed E-state index contributed by atoms with van der Waals surface area (Å²) >= 11 is 0. The summed E-state index contributed by atoms with van der Waals surface area (Å²) in [4.78, 5) is 0. The zero-order chi connectivity index (χ0) is 12.0. The third-order valence-electron chi connectivity index (χ3n) is 2.84. The second kappa shape index (κ2) is 6.66. The van der Waals surface area contributed by atoms with Gasteiger partial charge in [-0.15, -0.1) is 0 Å². The molecule has 0 aromatic heterocycles. The van der Waals surface area contributed by atoms with Crippen molar-refractivity contribution in [2.45, 2.75) is 38.6 Å². The van der Waals surface area contributed by atoms with Crippen LogP contribution in [-0.2, 0) is 11.2 Å². The van der Waals surface area contributed by atoms with Crippen molar-refractivity contribution in [1.82, 2.24) is 0 Å². The fourth-order valence-corrected chi connectivity index (χ4v) is 1.71.